The molecule has 0 aliphatic heterocycles. The van der Waals surface area contributed by atoms with Crippen molar-refractivity contribution in [3.8, 4) is 0 Å². The molecule has 18 heavy (non-hydrogen) atoms. The maximum absolute atomic E-state index is 11.3. The Bertz CT molecular complexity index is 625. The van der Waals surface area contributed by atoms with Crippen molar-refractivity contribution in [2.24, 2.45) is 7.05 Å². The Morgan fingerprint density at radius 3 is 2.94 bits per heavy atom. The molecule has 2 rings (SSSR count). The highest BCUT2D eigenvalue weighted by molar-refractivity contribution is 5.76. The van der Waals surface area contributed by atoms with E-state index in [0.29, 0.717) is 18.5 Å². The molecule has 0 unspecified atom stereocenters. The maximum Gasteiger partial charge on any atom is 0.419 e. The van der Waals surface area contributed by atoms with E-state index in [4.69, 9.17) is 4.42 Å². The third-order valence-corrected chi connectivity index (χ3v) is 2.82. The van der Waals surface area contributed by atoms with Gasteiger partial charge in [-0.15, -0.1) is 0 Å². The van der Waals surface area contributed by atoms with Crippen LogP contribution in [0.15, 0.2) is 27.4 Å². The van der Waals surface area contributed by atoms with Crippen molar-refractivity contribution in [2.75, 3.05) is 0 Å². The van der Waals surface area contributed by atoms with Crippen LogP contribution in [0.3, 0.4) is 0 Å². The standard InChI is InChI=1S/C13H16N2O3/c1-3-4-12(16)14-8-9-5-6-10-11(7-9)18-13(17)15(10)2/h5-7H,3-4,8H2,1-2H3,(H,14,16). The maximum atomic E-state index is 11.3. The second kappa shape index (κ2) is 5.08. The number of aryl methyl sites for hydroxylation is 1. The molecule has 5 nitrogen and oxygen atoms in total. The van der Waals surface area contributed by atoms with Crippen LogP contribution >= 0.6 is 0 Å². The van der Waals surface area contributed by atoms with Gasteiger partial charge < -0.3 is 9.73 Å². The second-order valence-corrected chi connectivity index (χ2v) is 4.26. The molecule has 5 heteroatoms. The molecule has 2 aromatic rings. The molecular weight excluding hydrogens is 232 g/mol. The summed E-state index contributed by atoms with van der Waals surface area (Å²) >= 11 is 0. The molecule has 0 aliphatic rings. The Balaban J connectivity index is 2.15. The minimum atomic E-state index is -0.378. The van der Waals surface area contributed by atoms with E-state index in [2.05, 4.69) is 5.32 Å². The van der Waals surface area contributed by atoms with Gasteiger partial charge in [0.05, 0.1) is 5.52 Å². The molecule has 96 valence electrons. The van der Waals surface area contributed by atoms with Crippen LogP contribution in [-0.2, 0) is 18.4 Å². The lowest BCUT2D eigenvalue weighted by atomic mass is 10.2. The van der Waals surface area contributed by atoms with Gasteiger partial charge in [-0.25, -0.2) is 4.79 Å². The van der Waals surface area contributed by atoms with Crippen LogP contribution in [0.25, 0.3) is 11.1 Å². The van der Waals surface area contributed by atoms with E-state index in [0.717, 1.165) is 17.5 Å². The van der Waals surface area contributed by atoms with Crippen molar-refractivity contribution >= 4 is 17.0 Å². The summed E-state index contributed by atoms with van der Waals surface area (Å²) in [5.74, 6) is -0.343. The number of hydrogen-bond acceptors (Lipinski definition) is 3. The zero-order valence-corrected chi connectivity index (χ0v) is 10.5. The average molecular weight is 248 g/mol. The van der Waals surface area contributed by atoms with E-state index in [1.54, 1.807) is 13.1 Å². The molecule has 0 bridgehead atoms. The zero-order chi connectivity index (χ0) is 13.1. The molecule has 0 fully saturated rings. The third kappa shape index (κ3) is 2.45. The molecule has 1 aromatic carbocycles. The predicted octanol–water partition coefficient (Wildman–Crippen LogP) is 1.55. The largest absolute Gasteiger partial charge is 0.419 e. The third-order valence-electron chi connectivity index (χ3n) is 2.82. The van der Waals surface area contributed by atoms with Gasteiger partial charge in [-0.05, 0) is 24.1 Å². The molecule has 0 atom stereocenters. The highest BCUT2D eigenvalue weighted by Gasteiger charge is 2.06. The SMILES string of the molecule is CCCC(=O)NCc1ccc2c(c1)oc(=O)n2C. The number of nitrogens with one attached hydrogen (secondary N) is 1. The highest BCUT2D eigenvalue weighted by atomic mass is 16.4. The van der Waals surface area contributed by atoms with Gasteiger partial charge in [-0.2, -0.15) is 0 Å². The van der Waals surface area contributed by atoms with Gasteiger partial charge in [0.15, 0.2) is 5.58 Å². The molecular formula is C13H16N2O3. The number of hydrogen-bond donors (Lipinski definition) is 1. The number of amides is 1. The first-order valence-corrected chi connectivity index (χ1v) is 5.97. The van der Waals surface area contributed by atoms with Crippen molar-refractivity contribution in [3.63, 3.8) is 0 Å². The molecule has 1 heterocycles. The number of fused-ring (bicyclic) bond motifs is 1. The fraction of sp³-hybridized carbons (Fsp3) is 0.385. The minimum Gasteiger partial charge on any atom is -0.408 e. The number of aromatic nitrogens is 1. The van der Waals surface area contributed by atoms with E-state index >= 15 is 0 Å². The van der Waals surface area contributed by atoms with Gasteiger partial charge in [0.2, 0.25) is 5.91 Å². The van der Waals surface area contributed by atoms with Crippen LogP contribution < -0.4 is 11.1 Å². The van der Waals surface area contributed by atoms with Crippen molar-refractivity contribution in [2.45, 2.75) is 26.3 Å². The molecule has 1 N–H and O–H groups in total. The first-order chi connectivity index (χ1) is 8.61. The predicted molar refractivity (Wildman–Crippen MR) is 68.2 cm³/mol. The van der Waals surface area contributed by atoms with Crippen LogP contribution in [-0.4, -0.2) is 10.5 Å². The topological polar surface area (TPSA) is 64.2 Å². The van der Waals surface area contributed by atoms with Crippen molar-refractivity contribution < 1.29 is 9.21 Å². The Labute approximate surface area is 104 Å². The summed E-state index contributed by atoms with van der Waals surface area (Å²) in [6.45, 7) is 2.41. The molecule has 0 aliphatic carbocycles. The summed E-state index contributed by atoms with van der Waals surface area (Å²) in [5, 5.41) is 2.82. The van der Waals surface area contributed by atoms with Crippen LogP contribution in [0.5, 0.6) is 0 Å². The monoisotopic (exact) mass is 248 g/mol. The summed E-state index contributed by atoms with van der Waals surface area (Å²) in [6, 6.07) is 5.48. The van der Waals surface area contributed by atoms with Gasteiger partial charge in [0.1, 0.15) is 0 Å². The molecule has 0 spiro atoms. The Morgan fingerprint density at radius 2 is 2.22 bits per heavy atom. The number of carbonyl (C=O) groups excluding carboxylic acids is 1. The highest BCUT2D eigenvalue weighted by Crippen LogP contribution is 2.14. The van der Waals surface area contributed by atoms with Gasteiger partial charge in [-0.3, -0.25) is 9.36 Å². The fourth-order valence-corrected chi connectivity index (χ4v) is 1.80. The minimum absolute atomic E-state index is 0.0344. The van der Waals surface area contributed by atoms with Crippen molar-refractivity contribution in [3.05, 3.63) is 34.3 Å². The van der Waals surface area contributed by atoms with E-state index in [9.17, 15) is 9.59 Å². The summed E-state index contributed by atoms with van der Waals surface area (Å²) in [7, 11) is 1.66. The molecule has 0 saturated heterocycles. The molecule has 0 saturated carbocycles. The molecule has 1 amide bonds. The quantitative estimate of drug-likeness (QED) is 0.892. The van der Waals surface area contributed by atoms with E-state index in [1.807, 2.05) is 19.1 Å². The van der Waals surface area contributed by atoms with E-state index in [1.165, 1.54) is 4.57 Å². The van der Waals surface area contributed by atoms with E-state index < -0.39 is 0 Å². The molecule has 1 aromatic heterocycles. The number of oxazole rings is 1. The first-order valence-electron chi connectivity index (χ1n) is 5.97. The van der Waals surface area contributed by atoms with Gasteiger partial charge in [-0.1, -0.05) is 13.0 Å². The molecule has 0 radical (unpaired) electrons. The zero-order valence-electron chi connectivity index (χ0n) is 10.5. The number of rotatable bonds is 4. The van der Waals surface area contributed by atoms with Gasteiger partial charge in [0, 0.05) is 20.0 Å². The summed E-state index contributed by atoms with van der Waals surface area (Å²) in [6.07, 6.45) is 1.36. The van der Waals surface area contributed by atoms with E-state index in [-0.39, 0.29) is 11.7 Å². The normalized spacial score (nSPS) is 10.8. The van der Waals surface area contributed by atoms with Crippen molar-refractivity contribution in [1.29, 1.82) is 0 Å². The number of nitrogens with zero attached hydrogens (tertiary/aromatic N) is 1. The van der Waals surface area contributed by atoms with Crippen molar-refractivity contribution in [1.82, 2.24) is 9.88 Å². The summed E-state index contributed by atoms with van der Waals surface area (Å²) in [5.41, 5.74) is 2.22. The Hall–Kier alpha value is -2.04. The van der Waals surface area contributed by atoms with Crippen LogP contribution in [0.2, 0.25) is 0 Å². The second-order valence-electron chi connectivity index (χ2n) is 4.26. The van der Waals surface area contributed by atoms with Crippen LogP contribution in [0, 0.1) is 0 Å². The summed E-state index contributed by atoms with van der Waals surface area (Å²) < 4.78 is 6.54. The lowest BCUT2D eigenvalue weighted by molar-refractivity contribution is -0.121. The summed E-state index contributed by atoms with van der Waals surface area (Å²) in [4.78, 5) is 22.7. The van der Waals surface area contributed by atoms with Crippen LogP contribution in [0.4, 0.5) is 0 Å². The fourth-order valence-electron chi connectivity index (χ4n) is 1.80. The first kappa shape index (κ1) is 12.4. The smallest absolute Gasteiger partial charge is 0.408 e. The van der Waals surface area contributed by atoms with Gasteiger partial charge in [0.25, 0.3) is 0 Å². The number of benzene rings is 1. The Kier molecular flexibility index (Phi) is 3.50. The lowest BCUT2D eigenvalue weighted by Gasteiger charge is -2.04. The average Bonchev–Trinajstić information content (AvgIpc) is 2.63. The Morgan fingerprint density at radius 1 is 1.44 bits per heavy atom. The van der Waals surface area contributed by atoms with Gasteiger partial charge >= 0.3 is 5.76 Å². The number of carbonyl (C=O) groups is 1. The lowest BCUT2D eigenvalue weighted by Crippen LogP contribution is -2.21. The van der Waals surface area contributed by atoms with Crippen LogP contribution in [0.1, 0.15) is 25.3 Å².